The lowest BCUT2D eigenvalue weighted by atomic mass is 9.94. The number of thiophene rings is 1. The number of benzene rings is 6. The maximum absolute atomic E-state index is 2.29. The predicted molar refractivity (Wildman–Crippen MR) is 153 cm³/mol. The number of hydrogen-bond acceptors (Lipinski definition) is 1. The molecule has 0 aliphatic rings. The van der Waals surface area contributed by atoms with E-state index in [4.69, 9.17) is 0 Å². The van der Waals surface area contributed by atoms with Crippen LogP contribution in [-0.2, 0) is 0 Å². The molecule has 0 atom stereocenters. The van der Waals surface area contributed by atoms with Gasteiger partial charge in [0.15, 0.2) is 0 Å². The third-order valence-corrected chi connectivity index (χ3v) is 8.18. The maximum Gasteiger partial charge on any atom is 0.0434 e. The lowest BCUT2D eigenvalue weighted by Gasteiger charge is -2.10. The largest absolute Gasteiger partial charge is 0.134 e. The van der Waals surface area contributed by atoms with E-state index in [1.54, 1.807) is 0 Å². The summed E-state index contributed by atoms with van der Waals surface area (Å²) >= 11 is 1.91. The lowest BCUT2D eigenvalue weighted by Crippen LogP contribution is -1.82. The van der Waals surface area contributed by atoms with E-state index in [0.29, 0.717) is 0 Å². The molecule has 0 saturated carbocycles. The molecule has 0 nitrogen and oxygen atoms in total. The molecule has 0 spiro atoms. The molecule has 164 valence electrons. The van der Waals surface area contributed by atoms with Crippen molar-refractivity contribution in [3.63, 3.8) is 0 Å². The number of rotatable bonds is 3. The van der Waals surface area contributed by atoms with Gasteiger partial charge in [0.25, 0.3) is 0 Å². The third-order valence-electron chi connectivity index (χ3n) is 6.89. The molecule has 1 aromatic heterocycles. The van der Waals surface area contributed by atoms with Gasteiger partial charge in [0.2, 0.25) is 0 Å². The van der Waals surface area contributed by atoms with Crippen molar-refractivity contribution in [2.75, 3.05) is 0 Å². The molecule has 0 fully saturated rings. The summed E-state index contributed by atoms with van der Waals surface area (Å²) in [5.41, 5.74) is 5.12. The molecule has 6 aromatic carbocycles. The van der Waals surface area contributed by atoms with E-state index < -0.39 is 0 Å². The van der Waals surface area contributed by atoms with Crippen LogP contribution in [0.25, 0.3) is 64.3 Å². The normalized spacial score (nSPS) is 11.4. The molecule has 7 rings (SSSR count). The van der Waals surface area contributed by atoms with Crippen molar-refractivity contribution >= 4 is 43.7 Å². The van der Waals surface area contributed by atoms with Gasteiger partial charge in [-0.2, -0.15) is 0 Å². The van der Waals surface area contributed by atoms with Gasteiger partial charge in [-0.3, -0.25) is 0 Å². The van der Waals surface area contributed by atoms with Gasteiger partial charge in [-0.15, -0.1) is 11.3 Å². The second-order valence-electron chi connectivity index (χ2n) is 8.91. The van der Waals surface area contributed by atoms with Crippen LogP contribution in [0.5, 0.6) is 0 Å². The highest BCUT2D eigenvalue weighted by Gasteiger charge is 2.18. The topological polar surface area (TPSA) is 0 Å². The third kappa shape index (κ3) is 3.28. The predicted octanol–water partition coefficient (Wildman–Crippen LogP) is 10.2. The van der Waals surface area contributed by atoms with Gasteiger partial charge in [-0.25, -0.2) is 0 Å². The molecule has 35 heavy (non-hydrogen) atoms. The van der Waals surface area contributed by atoms with E-state index in [1.165, 1.54) is 64.3 Å². The number of hydrogen-bond donors (Lipinski definition) is 0. The summed E-state index contributed by atoms with van der Waals surface area (Å²) in [5, 5.41) is 7.83. The molecule has 1 heterocycles. The summed E-state index contributed by atoms with van der Waals surface area (Å²) in [4.78, 5) is 2.66. The zero-order valence-corrected chi connectivity index (χ0v) is 19.9. The first-order valence-electron chi connectivity index (χ1n) is 12.0. The van der Waals surface area contributed by atoms with Crippen LogP contribution in [0.15, 0.2) is 133 Å². The Labute approximate surface area is 208 Å². The van der Waals surface area contributed by atoms with E-state index in [9.17, 15) is 0 Å². The Morgan fingerprint density at radius 2 is 0.886 bits per heavy atom. The van der Waals surface area contributed by atoms with Crippen LogP contribution in [0, 0.1) is 0 Å². The minimum atomic E-state index is 1.25. The van der Waals surface area contributed by atoms with Crippen LogP contribution in [0.4, 0.5) is 0 Å². The molecule has 0 N–H and O–H groups in total. The van der Waals surface area contributed by atoms with Crippen molar-refractivity contribution in [2.45, 2.75) is 0 Å². The Bertz CT molecular complexity index is 1840. The highest BCUT2D eigenvalue weighted by Crippen LogP contribution is 2.48. The van der Waals surface area contributed by atoms with Crippen molar-refractivity contribution < 1.29 is 0 Å². The molecule has 0 aliphatic heterocycles. The Morgan fingerprint density at radius 1 is 0.343 bits per heavy atom. The van der Waals surface area contributed by atoms with Crippen LogP contribution >= 0.6 is 11.3 Å². The van der Waals surface area contributed by atoms with Crippen molar-refractivity contribution in [1.82, 2.24) is 0 Å². The minimum absolute atomic E-state index is 1.25. The molecule has 0 aliphatic carbocycles. The molecule has 0 amide bonds. The molecule has 0 saturated heterocycles. The van der Waals surface area contributed by atoms with Crippen molar-refractivity contribution in [3.05, 3.63) is 133 Å². The quantitative estimate of drug-likeness (QED) is 0.229. The van der Waals surface area contributed by atoms with Crippen molar-refractivity contribution in [2.24, 2.45) is 0 Å². The molecular weight excluding hydrogens is 440 g/mol. The van der Waals surface area contributed by atoms with Crippen molar-refractivity contribution in [1.29, 1.82) is 0 Å². The molecular formula is C34H22S. The minimum Gasteiger partial charge on any atom is -0.134 e. The first-order valence-corrected chi connectivity index (χ1v) is 12.8. The summed E-state index contributed by atoms with van der Waals surface area (Å²) in [5.74, 6) is 0. The van der Waals surface area contributed by atoms with E-state index in [1.807, 2.05) is 11.3 Å². The Hall–Kier alpha value is -4.20. The smallest absolute Gasteiger partial charge is 0.0434 e. The summed E-state index contributed by atoms with van der Waals surface area (Å²) in [6.45, 7) is 0. The second-order valence-corrected chi connectivity index (χ2v) is 9.93. The van der Waals surface area contributed by atoms with Gasteiger partial charge in [-0.1, -0.05) is 133 Å². The fourth-order valence-corrected chi connectivity index (χ4v) is 6.64. The highest BCUT2D eigenvalue weighted by molar-refractivity contribution is 7.21. The first-order chi connectivity index (χ1) is 17.4. The van der Waals surface area contributed by atoms with Crippen LogP contribution in [0.1, 0.15) is 0 Å². The summed E-state index contributed by atoms with van der Waals surface area (Å²) in [6.07, 6.45) is 0. The van der Waals surface area contributed by atoms with Crippen molar-refractivity contribution in [3.8, 4) is 32.0 Å². The first kappa shape index (κ1) is 20.2. The second kappa shape index (κ2) is 8.23. The van der Waals surface area contributed by atoms with Gasteiger partial charge in [0, 0.05) is 31.7 Å². The standard InChI is InChI=1S/C34H22S/c1-2-11-23(12-3-1)26-15-6-7-17-28(26)33-29-18-8-9-19-30(29)34(35-33)31-20-10-14-25-22-21-24-13-4-5-16-27(24)32(25)31/h1-22H. The van der Waals surface area contributed by atoms with E-state index in [2.05, 4.69) is 133 Å². The van der Waals surface area contributed by atoms with Crippen LogP contribution in [-0.4, -0.2) is 0 Å². The fourth-order valence-electron chi connectivity index (χ4n) is 5.29. The van der Waals surface area contributed by atoms with Crippen LogP contribution < -0.4 is 0 Å². The summed E-state index contributed by atoms with van der Waals surface area (Å²) in [6, 6.07) is 48.3. The maximum atomic E-state index is 2.29. The molecule has 1 heteroatoms. The molecule has 0 unspecified atom stereocenters. The van der Waals surface area contributed by atoms with Crippen LogP contribution in [0.3, 0.4) is 0 Å². The monoisotopic (exact) mass is 462 g/mol. The van der Waals surface area contributed by atoms with E-state index in [0.717, 1.165) is 0 Å². The average molecular weight is 463 g/mol. The highest BCUT2D eigenvalue weighted by atomic mass is 32.1. The SMILES string of the molecule is c1ccc(-c2ccccc2-c2sc(-c3cccc4ccc5ccccc5c34)c3ccccc23)cc1. The Kier molecular flexibility index (Phi) is 4.75. The summed E-state index contributed by atoms with van der Waals surface area (Å²) < 4.78 is 0. The molecule has 0 bridgehead atoms. The van der Waals surface area contributed by atoms with Gasteiger partial charge in [0.1, 0.15) is 0 Å². The zero-order valence-electron chi connectivity index (χ0n) is 19.1. The Morgan fingerprint density at radius 3 is 1.69 bits per heavy atom. The zero-order chi connectivity index (χ0) is 23.2. The average Bonchev–Trinajstić information content (AvgIpc) is 3.32. The van der Waals surface area contributed by atoms with E-state index >= 15 is 0 Å². The van der Waals surface area contributed by atoms with Crippen LogP contribution in [0.2, 0.25) is 0 Å². The fraction of sp³-hybridized carbons (Fsp3) is 0. The van der Waals surface area contributed by atoms with Gasteiger partial charge in [0.05, 0.1) is 0 Å². The molecule has 7 aromatic rings. The van der Waals surface area contributed by atoms with Gasteiger partial charge < -0.3 is 0 Å². The summed E-state index contributed by atoms with van der Waals surface area (Å²) in [7, 11) is 0. The lowest BCUT2D eigenvalue weighted by molar-refractivity contribution is 1.62. The van der Waals surface area contributed by atoms with Gasteiger partial charge in [-0.05, 0) is 32.7 Å². The number of fused-ring (bicyclic) bond motifs is 4. The molecule has 0 radical (unpaired) electrons. The van der Waals surface area contributed by atoms with E-state index in [-0.39, 0.29) is 0 Å². The van der Waals surface area contributed by atoms with Gasteiger partial charge >= 0.3 is 0 Å². The Balaban J connectivity index is 1.55.